The third-order valence-corrected chi connectivity index (χ3v) is 8.75. The van der Waals surface area contributed by atoms with Crippen molar-refractivity contribution in [2.45, 2.75) is 62.9 Å². The van der Waals surface area contributed by atoms with Crippen LogP contribution in [0, 0.1) is 0 Å². The average molecular weight is 502 g/mol. The summed E-state index contributed by atoms with van der Waals surface area (Å²) < 4.78 is 5.52. The summed E-state index contributed by atoms with van der Waals surface area (Å²) in [6, 6.07) is 4.85. The average Bonchev–Trinajstić information content (AvgIpc) is 3.32. The number of hydrogen-bond acceptors (Lipinski definition) is 10. The summed E-state index contributed by atoms with van der Waals surface area (Å²) in [5.41, 5.74) is 1.99. The highest BCUT2D eigenvalue weighted by Crippen LogP contribution is 2.50. The number of anilines is 4. The first kappa shape index (κ1) is 23.0. The fourth-order valence-electron chi connectivity index (χ4n) is 6.72. The maximum absolute atomic E-state index is 5.52. The van der Waals surface area contributed by atoms with Gasteiger partial charge in [-0.2, -0.15) is 4.98 Å². The van der Waals surface area contributed by atoms with Crippen molar-refractivity contribution in [3.8, 4) is 0 Å². The van der Waals surface area contributed by atoms with Crippen LogP contribution in [0.4, 0.5) is 29.0 Å². The Hall–Kier alpha value is -3.11. The predicted octanol–water partition coefficient (Wildman–Crippen LogP) is 4.77. The molecule has 1 saturated carbocycles. The molecule has 0 atom stereocenters. The Morgan fingerprint density at radius 2 is 1.76 bits per heavy atom. The third kappa shape index (κ3) is 4.35. The first-order chi connectivity index (χ1) is 18.3. The number of morpholine rings is 1. The molecule has 1 N–H and O–H groups in total. The van der Waals surface area contributed by atoms with Crippen LogP contribution in [-0.2, 0) is 4.74 Å². The minimum absolute atomic E-state index is 0.0858. The smallest absolute Gasteiger partial charge is 0.230 e. The molecule has 4 aliphatic heterocycles. The molecule has 10 heteroatoms. The van der Waals surface area contributed by atoms with Crippen LogP contribution in [0.15, 0.2) is 46.7 Å². The molecule has 10 nitrogen and oxygen atoms in total. The van der Waals surface area contributed by atoms with Gasteiger partial charge in [-0.25, -0.2) is 9.97 Å². The van der Waals surface area contributed by atoms with E-state index in [2.05, 4.69) is 47.4 Å². The summed E-state index contributed by atoms with van der Waals surface area (Å²) in [4.78, 5) is 21.5. The van der Waals surface area contributed by atoms with Crippen LogP contribution in [-0.4, -0.2) is 70.8 Å². The van der Waals surface area contributed by atoms with Crippen LogP contribution in [0.1, 0.15) is 51.4 Å². The van der Waals surface area contributed by atoms with Gasteiger partial charge >= 0.3 is 0 Å². The van der Waals surface area contributed by atoms with Crippen LogP contribution in [0.3, 0.4) is 0 Å². The van der Waals surface area contributed by atoms with Crippen molar-refractivity contribution >= 4 is 29.0 Å². The van der Waals surface area contributed by atoms with E-state index in [-0.39, 0.29) is 5.54 Å². The zero-order chi connectivity index (χ0) is 24.7. The number of hydrogen-bond donors (Lipinski definition) is 1. The number of fused-ring (bicyclic) bond motifs is 4. The Balaban J connectivity index is 1.03. The summed E-state index contributed by atoms with van der Waals surface area (Å²) in [5.74, 6) is 3.07. The van der Waals surface area contributed by atoms with Gasteiger partial charge in [0.25, 0.3) is 0 Å². The van der Waals surface area contributed by atoms with Gasteiger partial charge in [0.15, 0.2) is 11.6 Å². The summed E-state index contributed by atoms with van der Waals surface area (Å²) in [6.45, 7) is 5.99. The van der Waals surface area contributed by atoms with Crippen LogP contribution in [0.5, 0.6) is 0 Å². The lowest BCUT2D eigenvalue weighted by atomic mass is 9.79. The number of ether oxygens (including phenoxy) is 1. The lowest BCUT2D eigenvalue weighted by molar-refractivity contribution is 0.0115. The van der Waals surface area contributed by atoms with Crippen molar-refractivity contribution in [1.29, 1.82) is 0 Å². The number of piperidine rings is 1. The Bertz CT molecular complexity index is 1180. The van der Waals surface area contributed by atoms with Crippen molar-refractivity contribution in [3.05, 3.63) is 36.4 Å². The largest absolute Gasteiger partial charge is 0.379 e. The lowest BCUT2D eigenvalue weighted by Crippen LogP contribution is -2.49. The maximum Gasteiger partial charge on any atom is 0.230 e. The van der Waals surface area contributed by atoms with Crippen molar-refractivity contribution in [2.75, 3.05) is 54.5 Å². The number of nitrogens with zero attached hydrogens (tertiary/aromatic N) is 8. The van der Waals surface area contributed by atoms with E-state index in [0.29, 0.717) is 12.0 Å². The SMILES string of the molecule is C1=C2N=Nc3cnc(Nc4ccc(N5CCC(N6CCOCC6)CC5)cn4)nc3N2C2(C1)CCCCC2. The molecule has 2 aromatic heterocycles. The van der Waals surface area contributed by atoms with Gasteiger partial charge < -0.3 is 19.9 Å². The van der Waals surface area contributed by atoms with Gasteiger partial charge in [-0.15, -0.1) is 10.2 Å². The molecule has 6 heterocycles. The van der Waals surface area contributed by atoms with E-state index >= 15 is 0 Å². The Kier molecular flexibility index (Phi) is 6.01. The molecule has 0 aromatic carbocycles. The van der Waals surface area contributed by atoms with Gasteiger partial charge in [-0.05, 0) is 50.3 Å². The zero-order valence-corrected chi connectivity index (χ0v) is 21.3. The fourth-order valence-corrected chi connectivity index (χ4v) is 6.72. The van der Waals surface area contributed by atoms with Crippen molar-refractivity contribution in [1.82, 2.24) is 19.9 Å². The second kappa shape index (κ2) is 9.64. The highest BCUT2D eigenvalue weighted by atomic mass is 16.5. The quantitative estimate of drug-likeness (QED) is 0.640. The van der Waals surface area contributed by atoms with Gasteiger partial charge in [-0.1, -0.05) is 19.3 Å². The van der Waals surface area contributed by atoms with Crippen molar-refractivity contribution in [2.24, 2.45) is 10.2 Å². The third-order valence-electron chi connectivity index (χ3n) is 8.75. The van der Waals surface area contributed by atoms with Crippen LogP contribution in [0.2, 0.25) is 0 Å². The molecule has 3 fully saturated rings. The molecular weight excluding hydrogens is 466 g/mol. The molecule has 194 valence electrons. The molecule has 0 radical (unpaired) electrons. The summed E-state index contributed by atoms with van der Waals surface area (Å²) in [5, 5.41) is 12.2. The Labute approximate surface area is 217 Å². The summed E-state index contributed by atoms with van der Waals surface area (Å²) >= 11 is 0. The minimum atomic E-state index is 0.0858. The summed E-state index contributed by atoms with van der Waals surface area (Å²) in [6.07, 6.45) is 15.5. The van der Waals surface area contributed by atoms with E-state index in [1.807, 2.05) is 12.3 Å². The molecule has 0 unspecified atom stereocenters. The molecular formula is C27H35N9O. The van der Waals surface area contributed by atoms with Gasteiger partial charge in [0, 0.05) is 32.2 Å². The zero-order valence-electron chi connectivity index (χ0n) is 21.3. The Morgan fingerprint density at radius 1 is 0.919 bits per heavy atom. The van der Waals surface area contributed by atoms with E-state index in [9.17, 15) is 0 Å². The Morgan fingerprint density at radius 3 is 2.54 bits per heavy atom. The molecule has 5 aliphatic rings. The molecule has 0 amide bonds. The molecule has 1 spiro atoms. The maximum atomic E-state index is 5.52. The van der Waals surface area contributed by atoms with E-state index in [1.54, 1.807) is 6.20 Å². The minimum Gasteiger partial charge on any atom is -0.379 e. The van der Waals surface area contributed by atoms with Gasteiger partial charge in [0.05, 0.1) is 36.8 Å². The number of aromatic nitrogens is 3. The van der Waals surface area contributed by atoms with Crippen LogP contribution in [0.25, 0.3) is 0 Å². The van der Waals surface area contributed by atoms with Crippen LogP contribution >= 0.6 is 0 Å². The highest BCUT2D eigenvalue weighted by Gasteiger charge is 2.46. The predicted molar refractivity (Wildman–Crippen MR) is 143 cm³/mol. The van der Waals surface area contributed by atoms with Gasteiger partial charge in [0.1, 0.15) is 11.5 Å². The molecule has 0 bridgehead atoms. The van der Waals surface area contributed by atoms with Gasteiger partial charge in [0.2, 0.25) is 5.95 Å². The lowest BCUT2D eigenvalue weighted by Gasteiger charge is -2.43. The second-order valence-electron chi connectivity index (χ2n) is 10.9. The standard InChI is InChI=1S/C27H35N9O/c1-2-9-27(10-3-1)11-6-24-33-32-22-19-29-26(31-25(22)36(24)27)30-23-5-4-21(18-28-23)34-12-7-20(8-13-34)35-14-16-37-17-15-35/h4-6,18-20H,1-3,7-17H2,(H,28,29,30,31). The number of pyridine rings is 1. The highest BCUT2D eigenvalue weighted by molar-refractivity contribution is 5.70. The monoisotopic (exact) mass is 501 g/mol. The second-order valence-corrected chi connectivity index (χ2v) is 10.9. The number of rotatable bonds is 4. The first-order valence-corrected chi connectivity index (χ1v) is 13.9. The molecule has 37 heavy (non-hydrogen) atoms. The molecule has 2 saturated heterocycles. The normalized spacial score (nSPS) is 23.6. The topological polar surface area (TPSA) is 94.4 Å². The van der Waals surface area contributed by atoms with E-state index in [1.165, 1.54) is 50.6 Å². The summed E-state index contributed by atoms with van der Waals surface area (Å²) in [7, 11) is 0. The molecule has 1 aliphatic carbocycles. The van der Waals surface area contributed by atoms with Crippen molar-refractivity contribution in [3.63, 3.8) is 0 Å². The number of azo groups is 1. The van der Waals surface area contributed by atoms with E-state index in [0.717, 1.165) is 69.0 Å². The van der Waals surface area contributed by atoms with Crippen molar-refractivity contribution < 1.29 is 4.74 Å². The van der Waals surface area contributed by atoms with Crippen LogP contribution < -0.4 is 15.1 Å². The fraction of sp³-hybridized carbons (Fsp3) is 0.593. The molecule has 2 aromatic rings. The number of nitrogens with one attached hydrogen (secondary N) is 1. The molecule has 7 rings (SSSR count). The first-order valence-electron chi connectivity index (χ1n) is 13.9. The van der Waals surface area contributed by atoms with E-state index < -0.39 is 0 Å². The van der Waals surface area contributed by atoms with E-state index in [4.69, 9.17) is 14.7 Å². The van der Waals surface area contributed by atoms with Gasteiger partial charge in [-0.3, -0.25) is 4.90 Å².